The molecule has 1 N–H and O–H groups in total. The molecule has 1 amide bonds. The number of hydrogen-bond acceptors (Lipinski definition) is 5. The largest absolute Gasteiger partial charge is 0.326 e. The number of nitrogens with one attached hydrogen (secondary N) is 1. The molecular weight excluding hydrogens is 428 g/mol. The highest BCUT2D eigenvalue weighted by Crippen LogP contribution is 2.29. The third-order valence-corrected chi connectivity index (χ3v) is 5.37. The molecule has 0 aliphatic heterocycles. The lowest BCUT2D eigenvalue weighted by atomic mass is 10.1. The summed E-state index contributed by atoms with van der Waals surface area (Å²) in [6.07, 6.45) is 1.68. The van der Waals surface area contributed by atoms with E-state index >= 15 is 0 Å². The van der Waals surface area contributed by atoms with E-state index in [1.165, 1.54) is 11.5 Å². The zero-order valence-corrected chi connectivity index (χ0v) is 18.0. The Labute approximate surface area is 187 Å². The van der Waals surface area contributed by atoms with Gasteiger partial charge < -0.3 is 5.32 Å². The Morgan fingerprint density at radius 3 is 2.56 bits per heavy atom. The van der Waals surface area contributed by atoms with Crippen LogP contribution < -0.4 is 10.9 Å². The fourth-order valence-electron chi connectivity index (χ4n) is 3.75. The van der Waals surface area contributed by atoms with Gasteiger partial charge in [0.25, 0.3) is 5.56 Å². The SMILES string of the molecule is CC(=O)Nc1ccc(-n2ccc3c(nnc4c(-c5cccc(Cl)c5)c(C)nn43)c2=O)cc1. The third-order valence-electron chi connectivity index (χ3n) is 5.13. The van der Waals surface area contributed by atoms with Gasteiger partial charge in [-0.1, -0.05) is 23.7 Å². The van der Waals surface area contributed by atoms with Crippen LogP contribution in [0.2, 0.25) is 5.02 Å². The topological polar surface area (TPSA) is 94.2 Å². The minimum absolute atomic E-state index is 0.161. The number of fused-ring (bicyclic) bond motifs is 3. The van der Waals surface area contributed by atoms with Crippen molar-refractivity contribution in [3.05, 3.63) is 81.9 Å². The van der Waals surface area contributed by atoms with E-state index in [2.05, 4.69) is 20.6 Å². The molecule has 8 nitrogen and oxygen atoms in total. The fourth-order valence-corrected chi connectivity index (χ4v) is 3.94. The predicted octanol–water partition coefficient (Wildman–Crippen LogP) is 4.02. The van der Waals surface area contributed by atoms with Crippen LogP contribution in [0, 0.1) is 6.92 Å². The highest BCUT2D eigenvalue weighted by molar-refractivity contribution is 6.30. The van der Waals surface area contributed by atoms with Crippen LogP contribution in [0.5, 0.6) is 0 Å². The first kappa shape index (κ1) is 19.9. The first-order chi connectivity index (χ1) is 15.4. The van der Waals surface area contributed by atoms with Gasteiger partial charge in [0, 0.05) is 29.5 Å². The second-order valence-electron chi connectivity index (χ2n) is 7.36. The molecule has 5 aromatic rings. The molecule has 9 heteroatoms. The second-order valence-corrected chi connectivity index (χ2v) is 7.80. The minimum atomic E-state index is -0.318. The summed E-state index contributed by atoms with van der Waals surface area (Å²) in [6.45, 7) is 3.32. The van der Waals surface area contributed by atoms with E-state index in [1.807, 2.05) is 25.1 Å². The van der Waals surface area contributed by atoms with Gasteiger partial charge in [-0.2, -0.15) is 5.10 Å². The Kier molecular flexibility index (Phi) is 4.71. The maximum absolute atomic E-state index is 13.2. The van der Waals surface area contributed by atoms with Gasteiger partial charge in [0.2, 0.25) is 5.91 Å². The summed E-state index contributed by atoms with van der Waals surface area (Å²) in [4.78, 5) is 24.4. The fraction of sp³-hybridized carbons (Fsp3) is 0.0870. The molecule has 3 heterocycles. The number of rotatable bonds is 3. The predicted molar refractivity (Wildman–Crippen MR) is 123 cm³/mol. The van der Waals surface area contributed by atoms with E-state index in [4.69, 9.17) is 11.6 Å². The molecule has 5 rings (SSSR count). The summed E-state index contributed by atoms with van der Waals surface area (Å²) < 4.78 is 3.12. The number of nitrogens with zero attached hydrogens (tertiary/aromatic N) is 5. The molecular formula is C23H17ClN6O2. The van der Waals surface area contributed by atoms with E-state index in [0.29, 0.717) is 27.6 Å². The van der Waals surface area contributed by atoms with Gasteiger partial charge >= 0.3 is 0 Å². The van der Waals surface area contributed by atoms with Crippen molar-refractivity contribution >= 4 is 39.9 Å². The van der Waals surface area contributed by atoms with Crippen LogP contribution in [0.3, 0.4) is 0 Å². The van der Waals surface area contributed by atoms with Gasteiger partial charge in [0.05, 0.1) is 11.3 Å². The molecule has 0 bridgehead atoms. The lowest BCUT2D eigenvalue weighted by Crippen LogP contribution is -2.20. The number of hydrogen-bond donors (Lipinski definition) is 1. The van der Waals surface area contributed by atoms with Crippen LogP contribution in [-0.4, -0.2) is 30.3 Å². The highest BCUT2D eigenvalue weighted by atomic mass is 35.5. The van der Waals surface area contributed by atoms with Gasteiger partial charge in [0.1, 0.15) is 5.52 Å². The molecule has 0 aliphatic carbocycles. The van der Waals surface area contributed by atoms with Crippen molar-refractivity contribution < 1.29 is 4.79 Å². The van der Waals surface area contributed by atoms with E-state index in [-0.39, 0.29) is 17.0 Å². The average molecular weight is 445 g/mol. The van der Waals surface area contributed by atoms with E-state index in [9.17, 15) is 9.59 Å². The Hall–Kier alpha value is -4.04. The van der Waals surface area contributed by atoms with Crippen molar-refractivity contribution in [2.45, 2.75) is 13.8 Å². The molecule has 2 aromatic carbocycles. The van der Waals surface area contributed by atoms with E-state index in [1.54, 1.807) is 47.1 Å². The summed E-state index contributed by atoms with van der Waals surface area (Å²) in [5.74, 6) is -0.161. The molecule has 0 unspecified atom stereocenters. The molecule has 0 radical (unpaired) electrons. The molecule has 0 aliphatic rings. The lowest BCUT2D eigenvalue weighted by Gasteiger charge is -2.09. The zero-order chi connectivity index (χ0) is 22.4. The standard InChI is InChI=1S/C23H17ClN6O2/c1-13-20(15-4-3-5-16(24)12-15)22-27-26-21-19(30(22)28-13)10-11-29(23(21)32)18-8-6-17(7-9-18)25-14(2)31/h3-12H,1-2H3,(H,25,31). The number of amides is 1. The Balaban J connectivity index is 1.65. The molecule has 0 saturated heterocycles. The summed E-state index contributed by atoms with van der Waals surface area (Å²) >= 11 is 6.16. The van der Waals surface area contributed by atoms with Crippen LogP contribution in [0.15, 0.2) is 65.6 Å². The molecule has 0 fully saturated rings. The maximum Gasteiger partial charge on any atom is 0.285 e. The highest BCUT2D eigenvalue weighted by Gasteiger charge is 2.18. The van der Waals surface area contributed by atoms with Crippen molar-refractivity contribution in [3.63, 3.8) is 0 Å². The van der Waals surface area contributed by atoms with Gasteiger partial charge in [-0.05, 0) is 55.0 Å². The minimum Gasteiger partial charge on any atom is -0.326 e. The number of aromatic nitrogens is 5. The van der Waals surface area contributed by atoms with Crippen LogP contribution in [0.4, 0.5) is 5.69 Å². The summed E-state index contributed by atoms with van der Waals surface area (Å²) in [5.41, 5.74) is 4.74. The van der Waals surface area contributed by atoms with Crippen molar-refractivity contribution in [3.8, 4) is 16.8 Å². The maximum atomic E-state index is 13.2. The number of pyridine rings is 1. The van der Waals surface area contributed by atoms with E-state index in [0.717, 1.165) is 16.8 Å². The average Bonchev–Trinajstić information content (AvgIpc) is 3.10. The Bertz CT molecular complexity index is 1570. The number of halogens is 1. The van der Waals surface area contributed by atoms with Gasteiger partial charge in [-0.25, -0.2) is 4.52 Å². The molecule has 0 saturated carbocycles. The van der Waals surface area contributed by atoms with Crippen molar-refractivity contribution in [1.82, 2.24) is 24.4 Å². The normalized spacial score (nSPS) is 11.2. The quantitative estimate of drug-likeness (QED) is 0.453. The van der Waals surface area contributed by atoms with Crippen molar-refractivity contribution in [2.75, 3.05) is 5.32 Å². The van der Waals surface area contributed by atoms with Gasteiger partial charge in [0.15, 0.2) is 11.2 Å². The zero-order valence-electron chi connectivity index (χ0n) is 17.2. The van der Waals surface area contributed by atoms with Gasteiger partial charge in [-0.15, -0.1) is 10.2 Å². The summed E-state index contributed by atoms with van der Waals surface area (Å²) in [7, 11) is 0. The van der Waals surface area contributed by atoms with E-state index < -0.39 is 0 Å². The second kappa shape index (κ2) is 7.58. The van der Waals surface area contributed by atoms with Crippen LogP contribution in [-0.2, 0) is 4.79 Å². The molecule has 3 aromatic heterocycles. The first-order valence-electron chi connectivity index (χ1n) is 9.84. The Morgan fingerprint density at radius 1 is 1.06 bits per heavy atom. The number of anilines is 1. The Morgan fingerprint density at radius 2 is 1.84 bits per heavy atom. The third kappa shape index (κ3) is 3.30. The lowest BCUT2D eigenvalue weighted by molar-refractivity contribution is -0.114. The molecule has 0 spiro atoms. The summed E-state index contributed by atoms with van der Waals surface area (Å²) in [5, 5.41) is 16.5. The number of benzene rings is 2. The van der Waals surface area contributed by atoms with Crippen LogP contribution in [0.1, 0.15) is 12.6 Å². The molecule has 32 heavy (non-hydrogen) atoms. The van der Waals surface area contributed by atoms with Crippen LogP contribution in [0.25, 0.3) is 33.5 Å². The summed E-state index contributed by atoms with van der Waals surface area (Å²) in [6, 6.07) is 16.2. The van der Waals surface area contributed by atoms with Crippen LogP contribution >= 0.6 is 11.6 Å². The van der Waals surface area contributed by atoms with Crippen molar-refractivity contribution in [2.24, 2.45) is 0 Å². The monoisotopic (exact) mass is 444 g/mol. The number of aryl methyl sites for hydroxylation is 1. The number of carbonyl (C=O) groups is 1. The number of carbonyl (C=O) groups excluding carboxylic acids is 1. The van der Waals surface area contributed by atoms with Crippen molar-refractivity contribution in [1.29, 1.82) is 0 Å². The van der Waals surface area contributed by atoms with Gasteiger partial charge in [-0.3, -0.25) is 14.2 Å². The molecule has 0 atom stereocenters. The molecule has 158 valence electrons. The first-order valence-corrected chi connectivity index (χ1v) is 10.2. The smallest absolute Gasteiger partial charge is 0.285 e.